The Bertz CT molecular complexity index is 619. The summed E-state index contributed by atoms with van der Waals surface area (Å²) in [5.41, 5.74) is 0.492. The van der Waals surface area contributed by atoms with E-state index in [-0.39, 0.29) is 16.8 Å². The first kappa shape index (κ1) is 15.4. The van der Waals surface area contributed by atoms with Crippen LogP contribution in [0.5, 0.6) is 0 Å². The number of anilines is 2. The molecule has 0 radical (unpaired) electrons. The van der Waals surface area contributed by atoms with Crippen LogP contribution in [-0.2, 0) is 11.3 Å². The molecule has 0 saturated carbocycles. The lowest BCUT2D eigenvalue weighted by atomic mass is 10.3. The van der Waals surface area contributed by atoms with Gasteiger partial charge in [-0.25, -0.2) is 14.4 Å². The van der Waals surface area contributed by atoms with Crippen LogP contribution in [0.15, 0.2) is 22.7 Å². The molecule has 2 aromatic rings. The van der Waals surface area contributed by atoms with Crippen LogP contribution in [0.4, 0.5) is 15.9 Å². The standard InChI is InChI=1S/C12H9BrCl2FN3O/c1-20-5-11-17-9(15)4-10(18-11)19-12-7(13)2-6(16)3-8(12)14/h2-4H,5H2,1H3,(H,17,18,19). The van der Waals surface area contributed by atoms with Crippen molar-refractivity contribution in [3.05, 3.63) is 44.5 Å². The number of nitrogens with one attached hydrogen (secondary N) is 1. The third kappa shape index (κ3) is 3.79. The predicted molar refractivity (Wildman–Crippen MR) is 80.1 cm³/mol. The van der Waals surface area contributed by atoms with Crippen LogP contribution in [0.3, 0.4) is 0 Å². The molecular formula is C12H9BrCl2FN3O. The molecule has 0 amide bonds. The number of halogens is 4. The third-order valence-corrected chi connectivity index (χ3v) is 3.39. The van der Waals surface area contributed by atoms with Gasteiger partial charge in [0.05, 0.1) is 10.7 Å². The summed E-state index contributed by atoms with van der Waals surface area (Å²) in [6.45, 7) is 0.230. The highest BCUT2D eigenvalue weighted by molar-refractivity contribution is 9.10. The smallest absolute Gasteiger partial charge is 0.158 e. The van der Waals surface area contributed by atoms with E-state index >= 15 is 0 Å². The maximum atomic E-state index is 13.2. The molecule has 0 aliphatic rings. The van der Waals surface area contributed by atoms with E-state index in [0.29, 0.717) is 21.8 Å². The van der Waals surface area contributed by atoms with Crippen molar-refractivity contribution in [1.29, 1.82) is 0 Å². The van der Waals surface area contributed by atoms with Gasteiger partial charge in [0.2, 0.25) is 0 Å². The van der Waals surface area contributed by atoms with Gasteiger partial charge < -0.3 is 10.1 Å². The Hall–Kier alpha value is -0.950. The van der Waals surface area contributed by atoms with Crippen molar-refractivity contribution >= 4 is 50.6 Å². The topological polar surface area (TPSA) is 47.0 Å². The van der Waals surface area contributed by atoms with E-state index in [0.717, 1.165) is 0 Å². The van der Waals surface area contributed by atoms with Crippen LogP contribution in [0.1, 0.15) is 5.82 Å². The lowest BCUT2D eigenvalue weighted by Crippen LogP contribution is -2.02. The van der Waals surface area contributed by atoms with Crippen molar-refractivity contribution in [2.24, 2.45) is 0 Å². The van der Waals surface area contributed by atoms with Crippen LogP contribution in [0.2, 0.25) is 10.2 Å². The minimum Gasteiger partial charge on any atom is -0.377 e. The second-order valence-corrected chi connectivity index (χ2v) is 5.44. The normalized spacial score (nSPS) is 10.7. The van der Waals surface area contributed by atoms with Crippen LogP contribution in [-0.4, -0.2) is 17.1 Å². The predicted octanol–water partition coefficient (Wildman–Crippen LogP) is 4.58. The van der Waals surface area contributed by atoms with Gasteiger partial charge in [-0.3, -0.25) is 0 Å². The van der Waals surface area contributed by atoms with Crippen LogP contribution >= 0.6 is 39.1 Å². The monoisotopic (exact) mass is 379 g/mol. The largest absolute Gasteiger partial charge is 0.377 e. The molecule has 1 aromatic carbocycles. The summed E-state index contributed by atoms with van der Waals surface area (Å²) in [7, 11) is 1.53. The molecule has 0 saturated heterocycles. The van der Waals surface area contributed by atoms with Crippen molar-refractivity contribution < 1.29 is 9.13 Å². The van der Waals surface area contributed by atoms with Gasteiger partial charge in [0.1, 0.15) is 23.4 Å². The first-order valence-corrected chi connectivity index (χ1v) is 6.98. The van der Waals surface area contributed by atoms with Crippen molar-refractivity contribution in [3.63, 3.8) is 0 Å². The molecule has 0 aliphatic carbocycles. The first-order valence-electron chi connectivity index (χ1n) is 5.43. The number of nitrogens with zero attached hydrogens (tertiary/aromatic N) is 2. The molecule has 2 rings (SSSR count). The SMILES string of the molecule is COCc1nc(Cl)cc(Nc2c(Cl)cc(F)cc2Br)n1. The molecule has 0 atom stereocenters. The van der Waals surface area contributed by atoms with Gasteiger partial charge in [0.15, 0.2) is 5.82 Å². The van der Waals surface area contributed by atoms with Gasteiger partial charge in [0.25, 0.3) is 0 Å². The zero-order valence-electron chi connectivity index (χ0n) is 10.3. The summed E-state index contributed by atoms with van der Waals surface area (Å²) in [6.07, 6.45) is 0. The number of hydrogen-bond acceptors (Lipinski definition) is 4. The molecule has 0 fully saturated rings. The maximum absolute atomic E-state index is 13.2. The fourth-order valence-corrected chi connectivity index (χ4v) is 2.61. The lowest BCUT2D eigenvalue weighted by Gasteiger charge is -2.11. The van der Waals surface area contributed by atoms with Gasteiger partial charge in [-0.2, -0.15) is 0 Å². The summed E-state index contributed by atoms with van der Waals surface area (Å²) >= 11 is 15.1. The molecule has 1 heterocycles. The number of rotatable bonds is 4. The Balaban J connectivity index is 2.35. The lowest BCUT2D eigenvalue weighted by molar-refractivity contribution is 0.178. The highest BCUT2D eigenvalue weighted by Gasteiger charge is 2.10. The van der Waals surface area contributed by atoms with Gasteiger partial charge in [-0.15, -0.1) is 0 Å². The Morgan fingerprint density at radius 3 is 2.70 bits per heavy atom. The highest BCUT2D eigenvalue weighted by Crippen LogP contribution is 2.33. The summed E-state index contributed by atoms with van der Waals surface area (Å²) in [5.74, 6) is 0.427. The minimum absolute atomic E-state index is 0.222. The van der Waals surface area contributed by atoms with Gasteiger partial charge in [-0.05, 0) is 28.1 Å². The van der Waals surface area contributed by atoms with Crippen LogP contribution in [0, 0.1) is 5.82 Å². The van der Waals surface area contributed by atoms with Crippen LogP contribution in [0.25, 0.3) is 0 Å². The zero-order chi connectivity index (χ0) is 14.7. The molecule has 1 N–H and O–H groups in total. The van der Waals surface area contributed by atoms with Crippen molar-refractivity contribution in [2.75, 3.05) is 12.4 Å². The Morgan fingerprint density at radius 2 is 2.05 bits per heavy atom. The van der Waals surface area contributed by atoms with E-state index in [9.17, 15) is 4.39 Å². The molecule has 4 nitrogen and oxygen atoms in total. The molecule has 0 aliphatic heterocycles. The second kappa shape index (κ2) is 6.67. The van der Waals surface area contributed by atoms with Gasteiger partial charge in [0, 0.05) is 17.6 Å². The van der Waals surface area contributed by atoms with E-state index in [1.807, 2.05) is 0 Å². The fraction of sp³-hybridized carbons (Fsp3) is 0.167. The molecule has 106 valence electrons. The molecule has 0 spiro atoms. The number of methoxy groups -OCH3 is 1. The van der Waals surface area contributed by atoms with Crippen molar-refractivity contribution in [2.45, 2.75) is 6.61 Å². The molecule has 0 unspecified atom stereocenters. The molecule has 20 heavy (non-hydrogen) atoms. The van der Waals surface area contributed by atoms with E-state index in [2.05, 4.69) is 31.2 Å². The Labute approximate surface area is 133 Å². The van der Waals surface area contributed by atoms with E-state index in [1.54, 1.807) is 0 Å². The fourth-order valence-electron chi connectivity index (χ4n) is 1.51. The van der Waals surface area contributed by atoms with Crippen molar-refractivity contribution in [1.82, 2.24) is 9.97 Å². The van der Waals surface area contributed by atoms with E-state index < -0.39 is 5.82 Å². The maximum Gasteiger partial charge on any atom is 0.158 e. The third-order valence-electron chi connectivity index (χ3n) is 2.27. The number of ether oxygens (including phenoxy) is 1. The first-order chi connectivity index (χ1) is 9.49. The van der Waals surface area contributed by atoms with Gasteiger partial charge in [-0.1, -0.05) is 23.2 Å². The quantitative estimate of drug-likeness (QED) is 0.789. The van der Waals surface area contributed by atoms with Crippen molar-refractivity contribution in [3.8, 4) is 0 Å². The van der Waals surface area contributed by atoms with Crippen LogP contribution < -0.4 is 5.32 Å². The summed E-state index contributed by atoms with van der Waals surface area (Å²) in [6, 6.07) is 4.04. The zero-order valence-corrected chi connectivity index (χ0v) is 13.4. The Kier molecular flexibility index (Phi) is 5.15. The number of benzene rings is 1. The van der Waals surface area contributed by atoms with E-state index in [4.69, 9.17) is 27.9 Å². The average molecular weight is 381 g/mol. The number of aromatic nitrogens is 2. The molecule has 0 bridgehead atoms. The summed E-state index contributed by atoms with van der Waals surface area (Å²) in [5, 5.41) is 3.46. The summed E-state index contributed by atoms with van der Waals surface area (Å²) < 4.78 is 18.6. The van der Waals surface area contributed by atoms with E-state index in [1.165, 1.54) is 25.3 Å². The highest BCUT2D eigenvalue weighted by atomic mass is 79.9. The molecule has 1 aromatic heterocycles. The minimum atomic E-state index is -0.437. The average Bonchev–Trinajstić information content (AvgIpc) is 2.33. The Morgan fingerprint density at radius 1 is 1.30 bits per heavy atom. The number of hydrogen-bond donors (Lipinski definition) is 1. The molecule has 8 heteroatoms. The molecular weight excluding hydrogens is 372 g/mol. The summed E-state index contributed by atoms with van der Waals surface area (Å²) in [4.78, 5) is 8.23. The second-order valence-electron chi connectivity index (χ2n) is 3.79. The van der Waals surface area contributed by atoms with Gasteiger partial charge >= 0.3 is 0 Å².